The number of carbonyl (C=O) groups is 1. The van der Waals surface area contributed by atoms with E-state index in [1.165, 1.54) is 18.4 Å². The minimum atomic E-state index is -0.248. The third-order valence-corrected chi connectivity index (χ3v) is 5.23. The van der Waals surface area contributed by atoms with Gasteiger partial charge in [0.25, 0.3) is 0 Å². The van der Waals surface area contributed by atoms with E-state index in [9.17, 15) is 4.79 Å². The Bertz CT molecular complexity index is 958. The Morgan fingerprint density at radius 1 is 1.10 bits per heavy atom. The molecule has 6 nitrogen and oxygen atoms in total. The van der Waals surface area contributed by atoms with Gasteiger partial charge in [-0.1, -0.05) is 17.7 Å². The van der Waals surface area contributed by atoms with Crippen molar-refractivity contribution in [3.63, 3.8) is 0 Å². The third-order valence-electron chi connectivity index (χ3n) is 5.23. The number of ether oxygens (including phenoxy) is 1. The summed E-state index contributed by atoms with van der Waals surface area (Å²) in [4.78, 5) is 16.6. The van der Waals surface area contributed by atoms with Gasteiger partial charge in [0.1, 0.15) is 12.0 Å². The second-order valence-corrected chi connectivity index (χ2v) is 7.69. The molecule has 0 bridgehead atoms. The van der Waals surface area contributed by atoms with E-state index in [0.29, 0.717) is 25.0 Å². The molecule has 0 radical (unpaired) electrons. The largest absolute Gasteiger partial charge is 0.490 e. The summed E-state index contributed by atoms with van der Waals surface area (Å²) in [6, 6.07) is 15.3. The van der Waals surface area contributed by atoms with Crippen molar-refractivity contribution in [3.05, 3.63) is 66.1 Å². The molecule has 2 amide bonds. The fourth-order valence-corrected chi connectivity index (χ4v) is 3.55. The summed E-state index contributed by atoms with van der Waals surface area (Å²) in [6.45, 7) is 2.51. The highest BCUT2D eigenvalue weighted by Crippen LogP contribution is 2.25. The van der Waals surface area contributed by atoms with E-state index in [1.54, 1.807) is 6.26 Å². The van der Waals surface area contributed by atoms with Crippen LogP contribution in [0.5, 0.6) is 5.75 Å². The van der Waals surface area contributed by atoms with Crippen LogP contribution >= 0.6 is 0 Å². The maximum Gasteiger partial charge on any atom is 0.319 e. The van der Waals surface area contributed by atoms with E-state index in [1.807, 2.05) is 55.5 Å². The first-order chi connectivity index (χ1) is 14.7. The van der Waals surface area contributed by atoms with Crippen LogP contribution < -0.4 is 15.4 Å². The molecule has 1 aromatic heterocycles. The molecule has 4 rings (SSSR count). The van der Waals surface area contributed by atoms with E-state index in [2.05, 4.69) is 15.6 Å². The number of nitrogens with one attached hydrogen (secondary N) is 2. The molecular weight excluding hydrogens is 378 g/mol. The predicted octanol–water partition coefficient (Wildman–Crippen LogP) is 5.34. The normalized spacial score (nSPS) is 13.9. The maximum atomic E-state index is 12.1. The molecule has 1 saturated carbocycles. The summed E-state index contributed by atoms with van der Waals surface area (Å²) in [5.74, 6) is 1.44. The molecular formula is C24H27N3O3. The van der Waals surface area contributed by atoms with E-state index in [0.717, 1.165) is 35.5 Å². The maximum absolute atomic E-state index is 12.1. The molecule has 1 heterocycles. The second-order valence-electron chi connectivity index (χ2n) is 7.69. The van der Waals surface area contributed by atoms with Crippen LogP contribution in [0.25, 0.3) is 11.5 Å². The third kappa shape index (κ3) is 5.41. The van der Waals surface area contributed by atoms with Crippen molar-refractivity contribution >= 4 is 11.7 Å². The first kappa shape index (κ1) is 20.0. The number of anilines is 1. The van der Waals surface area contributed by atoms with Crippen molar-refractivity contribution in [1.29, 1.82) is 0 Å². The van der Waals surface area contributed by atoms with Crippen molar-refractivity contribution in [2.45, 2.75) is 45.1 Å². The fourth-order valence-electron chi connectivity index (χ4n) is 3.55. The summed E-state index contributed by atoms with van der Waals surface area (Å²) in [5, 5.41) is 5.68. The van der Waals surface area contributed by atoms with Crippen LogP contribution in [0, 0.1) is 6.92 Å². The van der Waals surface area contributed by atoms with Crippen molar-refractivity contribution in [3.8, 4) is 17.2 Å². The number of carbonyl (C=O) groups excluding carboxylic acids is 1. The van der Waals surface area contributed by atoms with Gasteiger partial charge in [0.2, 0.25) is 5.89 Å². The smallest absolute Gasteiger partial charge is 0.319 e. The Hall–Kier alpha value is -3.28. The number of aryl methyl sites for hydroxylation is 1. The van der Waals surface area contributed by atoms with Crippen LogP contribution in [0.1, 0.15) is 36.9 Å². The lowest BCUT2D eigenvalue weighted by Crippen LogP contribution is -2.30. The van der Waals surface area contributed by atoms with E-state index >= 15 is 0 Å². The van der Waals surface area contributed by atoms with Gasteiger partial charge in [-0.3, -0.25) is 0 Å². The summed E-state index contributed by atoms with van der Waals surface area (Å²) < 4.78 is 11.5. The minimum Gasteiger partial charge on any atom is -0.490 e. The molecule has 156 valence electrons. The highest BCUT2D eigenvalue weighted by atomic mass is 16.5. The average Bonchev–Trinajstić information content (AvgIpc) is 3.42. The summed E-state index contributed by atoms with van der Waals surface area (Å²) >= 11 is 0. The zero-order valence-electron chi connectivity index (χ0n) is 17.2. The van der Waals surface area contributed by atoms with Gasteiger partial charge >= 0.3 is 6.03 Å². The molecule has 0 atom stereocenters. The second kappa shape index (κ2) is 9.48. The van der Waals surface area contributed by atoms with Crippen molar-refractivity contribution in [1.82, 2.24) is 10.3 Å². The highest BCUT2D eigenvalue weighted by molar-refractivity contribution is 5.89. The van der Waals surface area contributed by atoms with Crippen LogP contribution in [0.15, 0.2) is 59.2 Å². The number of oxazole rings is 1. The SMILES string of the molecule is Cc1ccc(-c2nc(CCNC(=O)Nc3ccc(OC4CCCC4)cc3)co2)cc1. The first-order valence-corrected chi connectivity index (χ1v) is 10.5. The van der Waals surface area contributed by atoms with Gasteiger partial charge in [0.15, 0.2) is 0 Å². The quantitative estimate of drug-likeness (QED) is 0.557. The molecule has 1 aliphatic rings. The highest BCUT2D eigenvalue weighted by Gasteiger charge is 2.16. The Morgan fingerprint density at radius 2 is 1.83 bits per heavy atom. The molecule has 0 aliphatic heterocycles. The lowest BCUT2D eigenvalue weighted by Gasteiger charge is -2.13. The number of benzene rings is 2. The molecule has 2 N–H and O–H groups in total. The van der Waals surface area contributed by atoms with E-state index in [4.69, 9.17) is 9.15 Å². The summed E-state index contributed by atoms with van der Waals surface area (Å²) in [6.07, 6.45) is 7.29. The monoisotopic (exact) mass is 405 g/mol. The van der Waals surface area contributed by atoms with Crippen molar-refractivity contribution in [2.75, 3.05) is 11.9 Å². The van der Waals surface area contributed by atoms with E-state index < -0.39 is 0 Å². The summed E-state index contributed by atoms with van der Waals surface area (Å²) in [7, 11) is 0. The summed E-state index contributed by atoms with van der Waals surface area (Å²) in [5.41, 5.74) is 3.67. The number of urea groups is 1. The predicted molar refractivity (Wildman–Crippen MR) is 117 cm³/mol. The minimum absolute atomic E-state index is 0.248. The Balaban J connectivity index is 1.21. The zero-order valence-corrected chi connectivity index (χ0v) is 17.2. The molecule has 3 aromatic rings. The Morgan fingerprint density at radius 3 is 2.57 bits per heavy atom. The van der Waals surface area contributed by atoms with Crippen LogP contribution in [0.2, 0.25) is 0 Å². The molecule has 0 saturated heterocycles. The first-order valence-electron chi connectivity index (χ1n) is 10.5. The molecule has 1 aliphatic carbocycles. The lowest BCUT2D eigenvalue weighted by atomic mass is 10.1. The number of hydrogen-bond acceptors (Lipinski definition) is 4. The standard InChI is InChI=1S/C24H27N3O3/c1-17-6-8-18(9-7-17)23-26-20(16-29-23)14-15-25-24(28)27-19-10-12-22(13-11-19)30-21-4-2-3-5-21/h6-13,16,21H,2-5,14-15H2,1H3,(H2,25,27,28). The topological polar surface area (TPSA) is 76.4 Å². The Labute approximate surface area is 176 Å². The number of aromatic nitrogens is 1. The molecule has 30 heavy (non-hydrogen) atoms. The molecule has 6 heteroatoms. The molecule has 0 unspecified atom stereocenters. The van der Waals surface area contributed by atoms with Gasteiger partial charge in [-0.25, -0.2) is 9.78 Å². The van der Waals surface area contributed by atoms with Crippen LogP contribution in [-0.4, -0.2) is 23.7 Å². The lowest BCUT2D eigenvalue weighted by molar-refractivity contribution is 0.210. The number of hydrogen-bond donors (Lipinski definition) is 2. The average molecular weight is 405 g/mol. The fraction of sp³-hybridized carbons (Fsp3) is 0.333. The van der Waals surface area contributed by atoms with Crippen LogP contribution in [-0.2, 0) is 6.42 Å². The van der Waals surface area contributed by atoms with Gasteiger partial charge in [-0.05, 0) is 69.0 Å². The molecule has 0 spiro atoms. The van der Waals surface area contributed by atoms with E-state index in [-0.39, 0.29) is 6.03 Å². The van der Waals surface area contributed by atoms with Gasteiger partial charge in [0, 0.05) is 24.2 Å². The van der Waals surface area contributed by atoms with Gasteiger partial charge < -0.3 is 19.8 Å². The van der Waals surface area contributed by atoms with Crippen LogP contribution in [0.4, 0.5) is 10.5 Å². The molecule has 1 fully saturated rings. The van der Waals surface area contributed by atoms with Gasteiger partial charge in [-0.15, -0.1) is 0 Å². The van der Waals surface area contributed by atoms with Crippen molar-refractivity contribution in [2.24, 2.45) is 0 Å². The van der Waals surface area contributed by atoms with Gasteiger partial charge in [0.05, 0.1) is 11.8 Å². The molecule has 2 aromatic carbocycles. The zero-order chi connectivity index (χ0) is 20.8. The number of nitrogens with zero attached hydrogens (tertiary/aromatic N) is 1. The van der Waals surface area contributed by atoms with Gasteiger partial charge in [-0.2, -0.15) is 0 Å². The van der Waals surface area contributed by atoms with Crippen molar-refractivity contribution < 1.29 is 13.9 Å². The van der Waals surface area contributed by atoms with Crippen LogP contribution in [0.3, 0.4) is 0 Å². The number of amides is 2. The number of rotatable bonds is 7. The Kier molecular flexibility index (Phi) is 6.32.